The number of rotatable bonds is 5. The van der Waals surface area contributed by atoms with Gasteiger partial charge in [0.05, 0.1) is 12.0 Å². The molecule has 0 aromatic carbocycles. The van der Waals surface area contributed by atoms with E-state index in [0.717, 1.165) is 31.4 Å². The molecule has 2 fully saturated rings. The molecule has 102 valence electrons. The van der Waals surface area contributed by atoms with Gasteiger partial charge in [0.15, 0.2) is 0 Å². The highest BCUT2D eigenvalue weighted by molar-refractivity contribution is 7.99. The quantitative estimate of drug-likeness (QED) is 0.707. The minimum Gasteiger partial charge on any atom is -0.481 e. The van der Waals surface area contributed by atoms with E-state index >= 15 is 0 Å². The van der Waals surface area contributed by atoms with E-state index in [-0.39, 0.29) is 12.5 Å². The minimum absolute atomic E-state index is 0.0275. The third kappa shape index (κ3) is 3.54. The normalized spacial score (nSPS) is 25.2. The lowest BCUT2D eigenvalue weighted by Crippen LogP contribution is -2.57. The Morgan fingerprint density at radius 3 is 2.67 bits per heavy atom. The van der Waals surface area contributed by atoms with Gasteiger partial charge in [-0.3, -0.25) is 4.79 Å². The number of thioether (sulfide) groups is 1. The maximum atomic E-state index is 11.8. The van der Waals surface area contributed by atoms with E-state index in [2.05, 4.69) is 10.6 Å². The maximum Gasteiger partial charge on any atom is 0.315 e. The summed E-state index contributed by atoms with van der Waals surface area (Å²) in [5.41, 5.74) is -0.500. The van der Waals surface area contributed by atoms with Gasteiger partial charge < -0.3 is 15.7 Å². The van der Waals surface area contributed by atoms with Gasteiger partial charge in [-0.2, -0.15) is 11.8 Å². The van der Waals surface area contributed by atoms with E-state index in [1.807, 2.05) is 11.8 Å². The topological polar surface area (TPSA) is 78.4 Å². The first-order chi connectivity index (χ1) is 8.60. The van der Waals surface area contributed by atoms with E-state index in [1.165, 1.54) is 5.75 Å². The van der Waals surface area contributed by atoms with E-state index in [1.54, 1.807) is 0 Å². The molecule has 3 N–H and O–H groups in total. The second-order valence-electron chi connectivity index (χ2n) is 5.27. The van der Waals surface area contributed by atoms with Crippen molar-refractivity contribution in [1.82, 2.24) is 10.6 Å². The predicted molar refractivity (Wildman–Crippen MR) is 70.8 cm³/mol. The van der Waals surface area contributed by atoms with Gasteiger partial charge >= 0.3 is 12.0 Å². The predicted octanol–water partition coefficient (Wildman–Crippen LogP) is 1.44. The fourth-order valence-corrected chi connectivity index (χ4v) is 3.79. The number of hydrogen-bond donors (Lipinski definition) is 3. The highest BCUT2D eigenvalue weighted by Crippen LogP contribution is 2.34. The van der Waals surface area contributed by atoms with Crippen molar-refractivity contribution in [2.24, 2.45) is 5.92 Å². The fraction of sp³-hybridized carbons (Fsp3) is 0.833. The summed E-state index contributed by atoms with van der Waals surface area (Å²) < 4.78 is 0. The summed E-state index contributed by atoms with van der Waals surface area (Å²) in [5.74, 6) is 2.01. The van der Waals surface area contributed by atoms with Crippen LogP contribution in [0.25, 0.3) is 0 Å². The Morgan fingerprint density at radius 1 is 1.39 bits per heavy atom. The lowest BCUT2D eigenvalue weighted by molar-refractivity contribution is -0.139. The highest BCUT2D eigenvalue weighted by Gasteiger charge is 2.40. The summed E-state index contributed by atoms with van der Waals surface area (Å²) in [6.45, 7) is 0.696. The summed E-state index contributed by atoms with van der Waals surface area (Å²) >= 11 is 1.92. The Kier molecular flexibility index (Phi) is 4.37. The molecular formula is C12H20N2O3S. The highest BCUT2D eigenvalue weighted by atomic mass is 32.2. The molecule has 1 aliphatic heterocycles. The molecule has 5 nitrogen and oxygen atoms in total. The van der Waals surface area contributed by atoms with Gasteiger partial charge in [0.2, 0.25) is 0 Å². The van der Waals surface area contributed by atoms with Crippen LogP contribution >= 0.6 is 11.8 Å². The second kappa shape index (κ2) is 5.82. The van der Waals surface area contributed by atoms with Crippen LogP contribution in [0.5, 0.6) is 0 Å². The molecule has 1 heterocycles. The molecular weight excluding hydrogens is 252 g/mol. The lowest BCUT2D eigenvalue weighted by Gasteiger charge is -2.41. The lowest BCUT2D eigenvalue weighted by atomic mass is 9.74. The molecule has 1 saturated carbocycles. The first-order valence-electron chi connectivity index (χ1n) is 6.45. The van der Waals surface area contributed by atoms with Gasteiger partial charge in [0.1, 0.15) is 0 Å². The zero-order valence-corrected chi connectivity index (χ0v) is 11.2. The summed E-state index contributed by atoms with van der Waals surface area (Å²) in [7, 11) is 0. The van der Waals surface area contributed by atoms with Crippen LogP contribution in [-0.4, -0.2) is 40.7 Å². The Labute approximate surface area is 111 Å². The minimum atomic E-state index is -0.845. The number of carboxylic acids is 1. The third-order valence-corrected chi connectivity index (χ3v) is 4.99. The Hall–Kier alpha value is -0.910. The second-order valence-corrected chi connectivity index (χ2v) is 6.42. The average molecular weight is 272 g/mol. The number of amides is 2. The monoisotopic (exact) mass is 272 g/mol. The fourth-order valence-electron chi connectivity index (χ4n) is 2.51. The van der Waals surface area contributed by atoms with Gasteiger partial charge in [-0.05, 0) is 43.1 Å². The summed E-state index contributed by atoms with van der Waals surface area (Å²) in [6, 6.07) is -0.215. The van der Waals surface area contributed by atoms with E-state index in [9.17, 15) is 9.59 Å². The Bertz CT molecular complexity index is 325. The summed E-state index contributed by atoms with van der Waals surface area (Å²) in [6.07, 6.45) is 3.72. The number of carbonyl (C=O) groups excluding carboxylic acids is 1. The average Bonchev–Trinajstić information content (AvgIpc) is 2.75. The van der Waals surface area contributed by atoms with Crippen molar-refractivity contribution in [3.63, 3.8) is 0 Å². The molecule has 0 bridgehead atoms. The first kappa shape index (κ1) is 13.5. The molecule has 0 spiro atoms. The number of carboxylic acid groups (broad SMARTS) is 1. The number of nitrogens with one attached hydrogen (secondary N) is 2. The molecule has 6 heteroatoms. The van der Waals surface area contributed by atoms with Crippen LogP contribution in [0.15, 0.2) is 0 Å². The molecule has 1 aliphatic carbocycles. The van der Waals surface area contributed by atoms with Crippen LogP contribution in [0.2, 0.25) is 0 Å². The third-order valence-electron chi connectivity index (χ3n) is 3.75. The zero-order chi connectivity index (χ0) is 13.0. The molecule has 18 heavy (non-hydrogen) atoms. The molecule has 0 aromatic rings. The summed E-state index contributed by atoms with van der Waals surface area (Å²) in [4.78, 5) is 22.5. The molecule has 0 aromatic heterocycles. The van der Waals surface area contributed by atoms with Gasteiger partial charge in [-0.25, -0.2) is 4.79 Å². The number of urea groups is 1. The molecule has 1 saturated heterocycles. The smallest absolute Gasteiger partial charge is 0.315 e. The Morgan fingerprint density at radius 2 is 2.17 bits per heavy atom. The van der Waals surface area contributed by atoms with Crippen molar-refractivity contribution in [2.75, 3.05) is 18.1 Å². The van der Waals surface area contributed by atoms with E-state index < -0.39 is 11.5 Å². The van der Waals surface area contributed by atoms with Crippen LogP contribution in [0.3, 0.4) is 0 Å². The number of aliphatic carboxylic acids is 1. The molecule has 0 radical (unpaired) electrons. The van der Waals surface area contributed by atoms with E-state index in [0.29, 0.717) is 12.5 Å². The number of hydrogen-bond acceptors (Lipinski definition) is 3. The SMILES string of the molecule is O=C(O)CC1(NC(=O)NCC2CCSC2)CCC1. The van der Waals surface area contributed by atoms with E-state index in [4.69, 9.17) is 5.11 Å². The van der Waals surface area contributed by atoms with Crippen molar-refractivity contribution in [3.8, 4) is 0 Å². The maximum absolute atomic E-state index is 11.8. The zero-order valence-electron chi connectivity index (χ0n) is 10.4. The molecule has 2 amide bonds. The molecule has 1 unspecified atom stereocenters. The van der Waals surface area contributed by atoms with Crippen molar-refractivity contribution in [3.05, 3.63) is 0 Å². The van der Waals surface area contributed by atoms with Gasteiger partial charge in [-0.1, -0.05) is 0 Å². The standard InChI is InChI=1S/C12H20N2O3S/c15-10(16)6-12(3-1-4-12)14-11(17)13-7-9-2-5-18-8-9/h9H,1-8H2,(H,15,16)(H2,13,14,17). The van der Waals surface area contributed by atoms with Gasteiger partial charge in [-0.15, -0.1) is 0 Å². The van der Waals surface area contributed by atoms with Crippen molar-refractivity contribution in [2.45, 2.75) is 37.6 Å². The first-order valence-corrected chi connectivity index (χ1v) is 7.61. The van der Waals surface area contributed by atoms with Crippen LogP contribution in [0.4, 0.5) is 4.79 Å². The van der Waals surface area contributed by atoms with Crippen LogP contribution in [0, 0.1) is 5.92 Å². The largest absolute Gasteiger partial charge is 0.481 e. The van der Waals surface area contributed by atoms with Crippen LogP contribution < -0.4 is 10.6 Å². The molecule has 2 aliphatic rings. The Balaban J connectivity index is 1.73. The number of carbonyl (C=O) groups is 2. The van der Waals surface area contributed by atoms with Gasteiger partial charge in [0.25, 0.3) is 0 Å². The van der Waals surface area contributed by atoms with Crippen molar-refractivity contribution >= 4 is 23.8 Å². The molecule has 2 rings (SSSR count). The van der Waals surface area contributed by atoms with Gasteiger partial charge in [0, 0.05) is 6.54 Å². The van der Waals surface area contributed by atoms with Crippen LogP contribution in [0.1, 0.15) is 32.1 Å². The van der Waals surface area contributed by atoms with Crippen LogP contribution in [-0.2, 0) is 4.79 Å². The van der Waals surface area contributed by atoms with Crippen molar-refractivity contribution < 1.29 is 14.7 Å². The van der Waals surface area contributed by atoms with Crippen molar-refractivity contribution in [1.29, 1.82) is 0 Å². The summed E-state index contributed by atoms with van der Waals surface area (Å²) in [5, 5.41) is 14.6. The molecule has 1 atom stereocenters.